The van der Waals surface area contributed by atoms with E-state index >= 15 is 0 Å². The first-order valence-corrected chi connectivity index (χ1v) is 3.94. The lowest BCUT2D eigenvalue weighted by molar-refractivity contribution is -0.149. The number of aromatic nitrogens is 1. The van der Waals surface area contributed by atoms with E-state index in [4.69, 9.17) is 14.6 Å². The summed E-state index contributed by atoms with van der Waals surface area (Å²) in [6.45, 7) is 0. The Morgan fingerprint density at radius 2 is 2.29 bits per heavy atom. The molecule has 0 aromatic carbocycles. The van der Waals surface area contributed by atoms with Crippen molar-refractivity contribution in [3.8, 4) is 5.75 Å². The summed E-state index contributed by atoms with van der Waals surface area (Å²) in [5.41, 5.74) is 0.456. The number of hydrogen-bond donors (Lipinski definition) is 1. The third-order valence-corrected chi connectivity index (χ3v) is 1.78. The van der Waals surface area contributed by atoms with E-state index in [2.05, 4.69) is 4.98 Å². The number of pyridine rings is 1. The highest BCUT2D eigenvalue weighted by molar-refractivity contribution is 5.75. The van der Waals surface area contributed by atoms with E-state index in [1.54, 1.807) is 6.07 Å². The lowest BCUT2D eigenvalue weighted by Crippen LogP contribution is -2.14. The van der Waals surface area contributed by atoms with Gasteiger partial charge in [-0.05, 0) is 6.07 Å². The van der Waals surface area contributed by atoms with Crippen LogP contribution >= 0.6 is 0 Å². The standard InChI is InChI=1S/C9H11NO4/c1-13-7-5-10-4-3-6(7)8(14-2)9(11)12/h3-5,8H,1-2H3,(H,11,12)/t8-/m1/s1. The van der Waals surface area contributed by atoms with Crippen LogP contribution in [0.15, 0.2) is 18.5 Å². The molecule has 14 heavy (non-hydrogen) atoms. The quantitative estimate of drug-likeness (QED) is 0.775. The highest BCUT2D eigenvalue weighted by Crippen LogP contribution is 2.25. The van der Waals surface area contributed by atoms with E-state index in [1.165, 1.54) is 26.6 Å². The zero-order valence-electron chi connectivity index (χ0n) is 7.93. The van der Waals surface area contributed by atoms with Gasteiger partial charge in [-0.1, -0.05) is 0 Å². The SMILES string of the molecule is COc1cnccc1[C@@H](OC)C(=O)O. The highest BCUT2D eigenvalue weighted by Gasteiger charge is 2.22. The molecule has 0 radical (unpaired) electrons. The van der Waals surface area contributed by atoms with Gasteiger partial charge in [-0.3, -0.25) is 4.98 Å². The molecule has 0 aliphatic carbocycles. The molecule has 0 aliphatic rings. The zero-order chi connectivity index (χ0) is 10.6. The van der Waals surface area contributed by atoms with Crippen molar-refractivity contribution in [2.45, 2.75) is 6.10 Å². The summed E-state index contributed by atoms with van der Waals surface area (Å²) in [6, 6.07) is 1.56. The summed E-state index contributed by atoms with van der Waals surface area (Å²) in [5, 5.41) is 8.85. The van der Waals surface area contributed by atoms with Gasteiger partial charge in [-0.25, -0.2) is 4.79 Å². The average Bonchev–Trinajstić information content (AvgIpc) is 2.19. The lowest BCUT2D eigenvalue weighted by atomic mass is 10.1. The molecule has 5 heteroatoms. The number of carboxylic acids is 1. The molecule has 1 atom stereocenters. The van der Waals surface area contributed by atoms with Gasteiger partial charge in [0.2, 0.25) is 0 Å². The molecule has 0 spiro atoms. The van der Waals surface area contributed by atoms with E-state index in [9.17, 15) is 4.79 Å². The lowest BCUT2D eigenvalue weighted by Gasteiger charge is -2.13. The van der Waals surface area contributed by atoms with Crippen LogP contribution in [0, 0.1) is 0 Å². The Labute approximate surface area is 81.3 Å². The fraction of sp³-hybridized carbons (Fsp3) is 0.333. The van der Waals surface area contributed by atoms with Crippen LogP contribution in [-0.4, -0.2) is 30.3 Å². The van der Waals surface area contributed by atoms with Crippen LogP contribution in [0.5, 0.6) is 5.75 Å². The average molecular weight is 197 g/mol. The molecule has 0 amide bonds. The Kier molecular flexibility index (Phi) is 3.41. The van der Waals surface area contributed by atoms with Crippen molar-refractivity contribution >= 4 is 5.97 Å². The number of rotatable bonds is 4. The van der Waals surface area contributed by atoms with E-state index in [1.807, 2.05) is 0 Å². The van der Waals surface area contributed by atoms with Gasteiger partial charge in [0.15, 0.2) is 6.10 Å². The van der Waals surface area contributed by atoms with Gasteiger partial charge in [-0.15, -0.1) is 0 Å². The molecule has 0 saturated carbocycles. The number of nitrogens with zero attached hydrogens (tertiary/aromatic N) is 1. The molecule has 1 aromatic rings. The van der Waals surface area contributed by atoms with Crippen molar-refractivity contribution in [3.63, 3.8) is 0 Å². The van der Waals surface area contributed by atoms with Gasteiger partial charge in [0, 0.05) is 18.9 Å². The molecule has 1 aromatic heterocycles. The van der Waals surface area contributed by atoms with Crippen LogP contribution in [0.1, 0.15) is 11.7 Å². The maximum Gasteiger partial charge on any atom is 0.337 e. The molecular formula is C9H11NO4. The van der Waals surface area contributed by atoms with Gasteiger partial charge in [-0.2, -0.15) is 0 Å². The van der Waals surface area contributed by atoms with Gasteiger partial charge >= 0.3 is 5.97 Å². The van der Waals surface area contributed by atoms with Crippen LogP contribution < -0.4 is 4.74 Å². The first kappa shape index (κ1) is 10.5. The van der Waals surface area contributed by atoms with Crippen molar-refractivity contribution in [3.05, 3.63) is 24.0 Å². The first-order valence-electron chi connectivity index (χ1n) is 3.94. The van der Waals surface area contributed by atoms with Crippen molar-refractivity contribution in [2.75, 3.05) is 14.2 Å². The smallest absolute Gasteiger partial charge is 0.337 e. The van der Waals surface area contributed by atoms with Crippen molar-refractivity contribution in [1.29, 1.82) is 0 Å². The third-order valence-electron chi connectivity index (χ3n) is 1.78. The maximum absolute atomic E-state index is 10.8. The van der Waals surface area contributed by atoms with E-state index in [0.29, 0.717) is 11.3 Å². The van der Waals surface area contributed by atoms with Crippen LogP contribution in [0.2, 0.25) is 0 Å². The van der Waals surface area contributed by atoms with Crippen molar-refractivity contribution in [1.82, 2.24) is 4.98 Å². The van der Waals surface area contributed by atoms with Gasteiger partial charge < -0.3 is 14.6 Å². The zero-order valence-corrected chi connectivity index (χ0v) is 7.93. The Hall–Kier alpha value is -1.62. The van der Waals surface area contributed by atoms with Gasteiger partial charge in [0.1, 0.15) is 5.75 Å². The van der Waals surface area contributed by atoms with Gasteiger partial charge in [0.05, 0.1) is 13.3 Å². The van der Waals surface area contributed by atoms with Crippen molar-refractivity contribution in [2.24, 2.45) is 0 Å². The second-order valence-corrected chi connectivity index (χ2v) is 2.57. The fourth-order valence-electron chi connectivity index (χ4n) is 1.14. The number of aliphatic carboxylic acids is 1. The summed E-state index contributed by atoms with van der Waals surface area (Å²) in [5.74, 6) is -0.654. The summed E-state index contributed by atoms with van der Waals surface area (Å²) in [6.07, 6.45) is 1.92. The largest absolute Gasteiger partial charge is 0.495 e. The Bertz CT molecular complexity index is 326. The molecule has 0 fully saturated rings. The minimum Gasteiger partial charge on any atom is -0.495 e. The molecule has 0 saturated heterocycles. The van der Waals surface area contributed by atoms with E-state index in [-0.39, 0.29) is 0 Å². The number of methoxy groups -OCH3 is 2. The summed E-state index contributed by atoms with van der Waals surface area (Å²) in [4.78, 5) is 14.6. The second kappa shape index (κ2) is 4.57. The topological polar surface area (TPSA) is 68.7 Å². The minimum absolute atomic E-state index is 0.404. The Morgan fingerprint density at radius 3 is 2.79 bits per heavy atom. The maximum atomic E-state index is 10.8. The molecule has 5 nitrogen and oxygen atoms in total. The second-order valence-electron chi connectivity index (χ2n) is 2.57. The monoisotopic (exact) mass is 197 g/mol. The molecular weight excluding hydrogens is 186 g/mol. The normalized spacial score (nSPS) is 12.1. The third kappa shape index (κ3) is 2.00. The Balaban J connectivity index is 3.08. The molecule has 1 N–H and O–H groups in total. The predicted octanol–water partition coefficient (Wildman–Crippen LogP) is 0.862. The van der Waals surface area contributed by atoms with Crippen LogP contribution in [0.25, 0.3) is 0 Å². The van der Waals surface area contributed by atoms with E-state index in [0.717, 1.165) is 0 Å². The molecule has 0 bridgehead atoms. The van der Waals surface area contributed by atoms with Gasteiger partial charge in [0.25, 0.3) is 0 Å². The Morgan fingerprint density at radius 1 is 1.57 bits per heavy atom. The summed E-state index contributed by atoms with van der Waals surface area (Å²) in [7, 11) is 2.79. The van der Waals surface area contributed by atoms with Crippen molar-refractivity contribution < 1.29 is 19.4 Å². The highest BCUT2D eigenvalue weighted by atomic mass is 16.5. The number of ether oxygens (including phenoxy) is 2. The number of carbonyl (C=O) groups is 1. The molecule has 76 valence electrons. The number of hydrogen-bond acceptors (Lipinski definition) is 4. The molecule has 0 unspecified atom stereocenters. The summed E-state index contributed by atoms with van der Waals surface area (Å²) >= 11 is 0. The molecule has 1 rings (SSSR count). The summed E-state index contributed by atoms with van der Waals surface area (Å²) < 4.78 is 9.81. The van der Waals surface area contributed by atoms with Crippen LogP contribution in [-0.2, 0) is 9.53 Å². The molecule has 1 heterocycles. The minimum atomic E-state index is -1.06. The first-order chi connectivity index (χ1) is 6.70. The van der Waals surface area contributed by atoms with Crippen LogP contribution in [0.4, 0.5) is 0 Å². The molecule has 0 aliphatic heterocycles. The van der Waals surface area contributed by atoms with E-state index < -0.39 is 12.1 Å². The fourth-order valence-corrected chi connectivity index (χ4v) is 1.14. The number of carboxylic acid groups (broad SMARTS) is 1. The van der Waals surface area contributed by atoms with Crippen LogP contribution in [0.3, 0.4) is 0 Å². The predicted molar refractivity (Wildman–Crippen MR) is 48.2 cm³/mol.